The molecule has 0 aliphatic carbocycles. The quantitative estimate of drug-likeness (QED) is 0.730. The molecule has 0 N–H and O–H groups in total. The fourth-order valence-corrected chi connectivity index (χ4v) is 2.71. The molecule has 3 aromatic rings. The predicted octanol–water partition coefficient (Wildman–Crippen LogP) is 3.81. The summed E-state index contributed by atoms with van der Waals surface area (Å²) in [6.45, 7) is 0.477. The Labute approximate surface area is 120 Å². The number of thiophene rings is 1. The molecule has 3 rings (SSSR count). The van der Waals surface area contributed by atoms with Crippen LogP contribution in [0.15, 0.2) is 47.3 Å². The van der Waals surface area contributed by atoms with Crippen molar-refractivity contribution in [3.8, 4) is 17.0 Å². The summed E-state index contributed by atoms with van der Waals surface area (Å²) >= 11 is 1.64. The van der Waals surface area contributed by atoms with Crippen molar-refractivity contribution >= 4 is 11.3 Å². The van der Waals surface area contributed by atoms with Gasteiger partial charge in [-0.1, -0.05) is 0 Å². The first kappa shape index (κ1) is 12.9. The number of nitrogens with zero attached hydrogens (tertiary/aromatic N) is 2. The number of aromatic nitrogens is 2. The highest BCUT2D eigenvalue weighted by Crippen LogP contribution is 2.22. The van der Waals surface area contributed by atoms with Crippen LogP contribution in [0.4, 0.5) is 4.39 Å². The van der Waals surface area contributed by atoms with Crippen LogP contribution in [-0.2, 0) is 6.54 Å². The van der Waals surface area contributed by atoms with Gasteiger partial charge in [0, 0.05) is 22.7 Å². The van der Waals surface area contributed by atoms with Crippen molar-refractivity contribution in [1.29, 1.82) is 0 Å². The van der Waals surface area contributed by atoms with Gasteiger partial charge in [-0.2, -0.15) is 16.4 Å². The molecular weight excluding hydrogens is 275 g/mol. The molecule has 0 aliphatic rings. The van der Waals surface area contributed by atoms with Crippen LogP contribution in [0.5, 0.6) is 5.75 Å². The molecule has 0 unspecified atom stereocenters. The molecule has 5 heteroatoms. The molecular formula is C15H13FN2OS. The van der Waals surface area contributed by atoms with E-state index in [1.54, 1.807) is 29.2 Å². The topological polar surface area (TPSA) is 27.1 Å². The fourth-order valence-electron chi connectivity index (χ4n) is 2.06. The molecule has 0 spiro atoms. The van der Waals surface area contributed by atoms with Gasteiger partial charge < -0.3 is 4.74 Å². The summed E-state index contributed by atoms with van der Waals surface area (Å²) < 4.78 is 20.4. The predicted molar refractivity (Wildman–Crippen MR) is 77.6 cm³/mol. The van der Waals surface area contributed by atoms with E-state index in [1.807, 2.05) is 23.7 Å². The number of benzene rings is 1. The van der Waals surface area contributed by atoms with E-state index in [1.165, 1.54) is 12.1 Å². The van der Waals surface area contributed by atoms with E-state index in [0.29, 0.717) is 12.3 Å². The van der Waals surface area contributed by atoms with E-state index < -0.39 is 0 Å². The van der Waals surface area contributed by atoms with E-state index in [-0.39, 0.29) is 5.82 Å². The lowest BCUT2D eigenvalue weighted by atomic mass is 10.2. The van der Waals surface area contributed by atoms with Crippen LogP contribution in [0.2, 0.25) is 0 Å². The van der Waals surface area contributed by atoms with Crippen molar-refractivity contribution in [3.05, 3.63) is 58.7 Å². The minimum absolute atomic E-state index is 0.272. The zero-order valence-corrected chi connectivity index (χ0v) is 11.7. The summed E-state index contributed by atoms with van der Waals surface area (Å²) in [4.78, 5) is 0. The maximum Gasteiger partial charge on any atom is 0.124 e. The SMILES string of the molecule is COc1ccc(F)cc1Cn1ccc(-c2ccsc2)n1. The number of hydrogen-bond donors (Lipinski definition) is 0. The van der Waals surface area contributed by atoms with Crippen LogP contribution in [0.3, 0.4) is 0 Å². The first-order chi connectivity index (χ1) is 9.76. The third kappa shape index (κ3) is 2.58. The highest BCUT2D eigenvalue weighted by molar-refractivity contribution is 7.08. The second kappa shape index (κ2) is 5.46. The molecule has 0 radical (unpaired) electrons. The molecule has 0 amide bonds. The van der Waals surface area contributed by atoms with E-state index in [4.69, 9.17) is 4.74 Å². The second-order valence-electron chi connectivity index (χ2n) is 4.37. The summed E-state index contributed by atoms with van der Waals surface area (Å²) in [6, 6.07) is 8.48. The van der Waals surface area contributed by atoms with Crippen molar-refractivity contribution in [3.63, 3.8) is 0 Å². The second-order valence-corrected chi connectivity index (χ2v) is 5.15. The lowest BCUT2D eigenvalue weighted by Crippen LogP contribution is -2.03. The summed E-state index contributed by atoms with van der Waals surface area (Å²) in [7, 11) is 1.58. The van der Waals surface area contributed by atoms with Crippen LogP contribution >= 0.6 is 11.3 Å². The van der Waals surface area contributed by atoms with Crippen LogP contribution < -0.4 is 4.74 Å². The van der Waals surface area contributed by atoms with Gasteiger partial charge in [0.1, 0.15) is 11.6 Å². The van der Waals surface area contributed by atoms with Gasteiger partial charge in [-0.25, -0.2) is 4.39 Å². The largest absolute Gasteiger partial charge is 0.496 e. The van der Waals surface area contributed by atoms with Gasteiger partial charge in [0.05, 0.1) is 19.3 Å². The standard InChI is InChI=1S/C15H13FN2OS/c1-19-15-3-2-13(16)8-12(15)9-18-6-4-14(17-18)11-5-7-20-10-11/h2-8,10H,9H2,1H3. The number of methoxy groups -OCH3 is 1. The normalized spacial score (nSPS) is 10.7. The van der Waals surface area contributed by atoms with Crippen LogP contribution in [0.1, 0.15) is 5.56 Å². The van der Waals surface area contributed by atoms with Crippen molar-refractivity contribution in [2.45, 2.75) is 6.54 Å². The fraction of sp³-hybridized carbons (Fsp3) is 0.133. The summed E-state index contributed by atoms with van der Waals surface area (Å²) in [5, 5.41) is 8.57. The lowest BCUT2D eigenvalue weighted by molar-refractivity contribution is 0.406. The Morgan fingerprint density at radius 2 is 2.20 bits per heavy atom. The van der Waals surface area contributed by atoms with Crippen molar-refractivity contribution in [2.75, 3.05) is 7.11 Å². The molecule has 0 fully saturated rings. The van der Waals surface area contributed by atoms with Crippen molar-refractivity contribution < 1.29 is 9.13 Å². The molecule has 0 bridgehead atoms. The van der Waals surface area contributed by atoms with Crippen LogP contribution in [0.25, 0.3) is 11.3 Å². The molecule has 2 aromatic heterocycles. The lowest BCUT2D eigenvalue weighted by Gasteiger charge is -2.08. The smallest absolute Gasteiger partial charge is 0.124 e. The average molecular weight is 288 g/mol. The van der Waals surface area contributed by atoms with Crippen LogP contribution in [0, 0.1) is 5.82 Å². The van der Waals surface area contributed by atoms with Crippen molar-refractivity contribution in [2.24, 2.45) is 0 Å². The van der Waals surface area contributed by atoms with E-state index in [0.717, 1.165) is 16.8 Å². The summed E-state index contributed by atoms with van der Waals surface area (Å²) in [5.74, 6) is 0.394. The Hall–Kier alpha value is -2.14. The number of hydrogen-bond acceptors (Lipinski definition) is 3. The van der Waals surface area contributed by atoms with Gasteiger partial charge in [0.25, 0.3) is 0 Å². The first-order valence-electron chi connectivity index (χ1n) is 6.15. The Bertz CT molecular complexity index is 706. The number of rotatable bonds is 4. The zero-order valence-electron chi connectivity index (χ0n) is 10.9. The molecule has 0 saturated carbocycles. The maximum atomic E-state index is 13.3. The summed E-state index contributed by atoms with van der Waals surface area (Å²) in [5.41, 5.74) is 2.79. The summed E-state index contributed by atoms with van der Waals surface area (Å²) in [6.07, 6.45) is 1.89. The van der Waals surface area contributed by atoms with Crippen LogP contribution in [-0.4, -0.2) is 16.9 Å². The number of halogens is 1. The monoisotopic (exact) mass is 288 g/mol. The van der Waals surface area contributed by atoms with E-state index in [9.17, 15) is 4.39 Å². The average Bonchev–Trinajstić information content (AvgIpc) is 3.09. The maximum absolute atomic E-state index is 13.3. The Morgan fingerprint density at radius 3 is 2.95 bits per heavy atom. The third-order valence-electron chi connectivity index (χ3n) is 3.03. The molecule has 1 aromatic carbocycles. The minimum Gasteiger partial charge on any atom is -0.496 e. The van der Waals surface area contributed by atoms with Gasteiger partial charge in [0.15, 0.2) is 0 Å². The Kier molecular flexibility index (Phi) is 3.52. The van der Waals surface area contributed by atoms with Gasteiger partial charge in [-0.3, -0.25) is 4.68 Å². The molecule has 0 atom stereocenters. The van der Waals surface area contributed by atoms with E-state index in [2.05, 4.69) is 10.5 Å². The highest BCUT2D eigenvalue weighted by Gasteiger charge is 2.08. The molecule has 3 nitrogen and oxygen atoms in total. The number of ether oxygens (including phenoxy) is 1. The molecule has 0 aliphatic heterocycles. The third-order valence-corrected chi connectivity index (χ3v) is 3.72. The van der Waals surface area contributed by atoms with Gasteiger partial charge >= 0.3 is 0 Å². The Morgan fingerprint density at radius 1 is 1.30 bits per heavy atom. The van der Waals surface area contributed by atoms with Gasteiger partial charge in [0.2, 0.25) is 0 Å². The van der Waals surface area contributed by atoms with Gasteiger partial charge in [-0.05, 0) is 35.7 Å². The molecule has 2 heterocycles. The first-order valence-corrected chi connectivity index (χ1v) is 7.09. The van der Waals surface area contributed by atoms with Crippen molar-refractivity contribution in [1.82, 2.24) is 9.78 Å². The zero-order chi connectivity index (χ0) is 13.9. The molecule has 20 heavy (non-hydrogen) atoms. The Balaban J connectivity index is 1.87. The highest BCUT2D eigenvalue weighted by atomic mass is 32.1. The minimum atomic E-state index is -0.272. The van der Waals surface area contributed by atoms with Gasteiger partial charge in [-0.15, -0.1) is 0 Å². The molecule has 0 saturated heterocycles. The van der Waals surface area contributed by atoms with E-state index >= 15 is 0 Å². The molecule has 102 valence electrons.